The van der Waals surface area contributed by atoms with Crippen molar-refractivity contribution in [2.45, 2.75) is 66.2 Å². The molecule has 0 saturated heterocycles. The molecule has 1 aromatic heterocycles. The van der Waals surface area contributed by atoms with Crippen LogP contribution in [-0.4, -0.2) is 41.9 Å². The summed E-state index contributed by atoms with van der Waals surface area (Å²) in [7, 11) is 3.12. The van der Waals surface area contributed by atoms with E-state index in [9.17, 15) is 19.5 Å². The average Bonchev–Trinajstić information content (AvgIpc) is 2.91. The Kier molecular flexibility index (Phi) is 8.34. The second-order valence-electron chi connectivity index (χ2n) is 11.6. The molecule has 0 bridgehead atoms. The Bertz CT molecular complexity index is 1480. The van der Waals surface area contributed by atoms with Crippen molar-refractivity contribution >= 4 is 17.7 Å². The number of carbonyl (C=O) groups excluding carboxylic acids is 2. The number of carboxylic acids is 1. The number of rotatable bonds is 8. The fourth-order valence-corrected chi connectivity index (χ4v) is 5.81. The number of methoxy groups -OCH3 is 1. The summed E-state index contributed by atoms with van der Waals surface area (Å²) in [5.74, 6) is -0.479. The van der Waals surface area contributed by atoms with Crippen molar-refractivity contribution in [3.05, 3.63) is 76.2 Å². The lowest BCUT2D eigenvalue weighted by molar-refractivity contribution is -0.119. The van der Waals surface area contributed by atoms with Crippen LogP contribution in [0, 0.1) is 32.1 Å². The summed E-state index contributed by atoms with van der Waals surface area (Å²) in [5.41, 5.74) is 3.35. The van der Waals surface area contributed by atoms with Crippen molar-refractivity contribution in [3.63, 3.8) is 0 Å². The van der Waals surface area contributed by atoms with Crippen molar-refractivity contribution in [3.8, 4) is 17.0 Å². The molecule has 8 nitrogen and oxygen atoms in total. The van der Waals surface area contributed by atoms with Crippen LogP contribution in [0.15, 0.2) is 46.9 Å². The number of nitrogens with one attached hydrogen (secondary N) is 1. The first kappa shape index (κ1) is 29.9. The summed E-state index contributed by atoms with van der Waals surface area (Å²) < 4.78 is 12.3. The smallest absolute Gasteiger partial charge is 0.354 e. The van der Waals surface area contributed by atoms with Crippen LogP contribution in [0.4, 0.5) is 0 Å². The summed E-state index contributed by atoms with van der Waals surface area (Å²) in [5, 5.41) is 12.5. The van der Waals surface area contributed by atoms with Crippen molar-refractivity contribution in [1.82, 2.24) is 10.3 Å². The number of carboxylic acid groups (broad SMARTS) is 1. The Morgan fingerprint density at radius 3 is 2.56 bits per heavy atom. The van der Waals surface area contributed by atoms with Gasteiger partial charge >= 0.3 is 5.97 Å². The number of nitrogens with zero attached hydrogens (tertiary/aromatic N) is 1. The first-order valence-corrected chi connectivity index (χ1v) is 14.0. The molecule has 1 aromatic carbocycles. The summed E-state index contributed by atoms with van der Waals surface area (Å²) in [6, 6.07) is 7.11. The molecule has 0 spiro atoms. The number of hydrogen-bond donors (Lipinski definition) is 2. The summed E-state index contributed by atoms with van der Waals surface area (Å²) in [6.45, 7) is 14.0. The van der Waals surface area contributed by atoms with Crippen molar-refractivity contribution in [2.24, 2.45) is 11.3 Å². The number of allylic oxidation sites excluding steroid dienone is 3. The Balaban J connectivity index is 2.06. The van der Waals surface area contributed by atoms with Crippen LogP contribution in [-0.2, 0) is 14.3 Å². The zero-order chi connectivity index (χ0) is 30.2. The number of carbonyl (C=O) groups is 3. The molecule has 1 amide bonds. The van der Waals surface area contributed by atoms with Crippen LogP contribution in [0.5, 0.6) is 5.75 Å². The van der Waals surface area contributed by atoms with Crippen LogP contribution in [0.25, 0.3) is 11.3 Å². The lowest BCUT2D eigenvalue weighted by Crippen LogP contribution is -2.37. The molecule has 2 N–H and O–H groups in total. The number of ketones is 1. The number of aromatic nitrogens is 1. The number of benzene rings is 1. The summed E-state index contributed by atoms with van der Waals surface area (Å²) >= 11 is 0. The van der Waals surface area contributed by atoms with E-state index in [1.807, 2.05) is 19.9 Å². The Labute approximate surface area is 241 Å². The zero-order valence-corrected chi connectivity index (χ0v) is 24.9. The molecule has 8 heteroatoms. The maximum atomic E-state index is 13.8. The Hall–Kier alpha value is -4.07. The number of likely N-dealkylation sites (N-methyl/N-ethyl adjacent to an activating group) is 1. The van der Waals surface area contributed by atoms with Gasteiger partial charge in [-0.05, 0) is 56.0 Å². The van der Waals surface area contributed by atoms with Crippen molar-refractivity contribution in [1.29, 1.82) is 0 Å². The Morgan fingerprint density at radius 1 is 1.24 bits per heavy atom. The number of amides is 1. The Morgan fingerprint density at radius 2 is 1.95 bits per heavy atom. The molecular formula is C33H39N2O6+. The number of Topliss-reactive ketones (excluding diaryl/α,β-unsaturated/α-hetero) is 1. The largest absolute Gasteiger partial charge is 0.496 e. The molecule has 2 aromatic rings. The van der Waals surface area contributed by atoms with Crippen LogP contribution in [0.1, 0.15) is 79.6 Å². The van der Waals surface area contributed by atoms with E-state index < -0.39 is 17.3 Å². The monoisotopic (exact) mass is 559 g/mol. The van der Waals surface area contributed by atoms with Crippen LogP contribution >= 0.6 is 0 Å². The minimum atomic E-state index is -1.11. The fourth-order valence-electron chi connectivity index (χ4n) is 5.81. The van der Waals surface area contributed by atoms with Crippen LogP contribution in [0.2, 0.25) is 0 Å². The molecule has 1 unspecified atom stereocenters. The number of aromatic carboxylic acids is 1. The maximum absolute atomic E-state index is 13.8. The molecule has 2 aliphatic rings. The molecule has 4 rings (SSSR count). The average molecular weight is 560 g/mol. The minimum Gasteiger partial charge on any atom is -0.496 e. The van der Waals surface area contributed by atoms with Gasteiger partial charge in [0.1, 0.15) is 22.7 Å². The highest BCUT2D eigenvalue weighted by atomic mass is 16.5. The van der Waals surface area contributed by atoms with Crippen LogP contribution in [0.3, 0.4) is 0 Å². The second-order valence-corrected chi connectivity index (χ2v) is 11.6. The first-order chi connectivity index (χ1) is 19.3. The maximum Gasteiger partial charge on any atom is 0.354 e. The molecular weight excluding hydrogens is 520 g/mol. The normalized spacial score (nSPS) is 21.2. The number of ether oxygens (including phenoxy) is 2. The third-order valence-corrected chi connectivity index (χ3v) is 8.16. The van der Waals surface area contributed by atoms with Gasteiger partial charge in [-0.2, -0.15) is 0 Å². The van der Waals surface area contributed by atoms with Gasteiger partial charge in [-0.25, -0.2) is 9.78 Å². The quantitative estimate of drug-likeness (QED) is 0.377. The predicted octanol–water partition coefficient (Wildman–Crippen LogP) is 6.08. The van der Waals surface area contributed by atoms with Gasteiger partial charge in [-0.3, -0.25) is 9.59 Å². The van der Waals surface area contributed by atoms with E-state index in [-0.39, 0.29) is 29.7 Å². The van der Waals surface area contributed by atoms with E-state index in [1.54, 1.807) is 39.3 Å². The van der Waals surface area contributed by atoms with Crippen molar-refractivity contribution < 1.29 is 29.0 Å². The van der Waals surface area contributed by atoms with E-state index >= 15 is 0 Å². The van der Waals surface area contributed by atoms with Crippen LogP contribution < -0.4 is 10.1 Å². The number of aryl methyl sites for hydroxylation is 1. The lowest BCUT2D eigenvalue weighted by atomic mass is 9.68. The summed E-state index contributed by atoms with van der Waals surface area (Å²) in [6.07, 6.45) is 2.09. The van der Waals surface area contributed by atoms with Gasteiger partial charge in [0.2, 0.25) is 0 Å². The number of hydrogen-bond acceptors (Lipinski definition) is 6. The van der Waals surface area contributed by atoms with Gasteiger partial charge in [0.25, 0.3) is 5.91 Å². The molecule has 3 atom stereocenters. The van der Waals surface area contributed by atoms with E-state index in [4.69, 9.17) is 9.47 Å². The molecule has 2 heterocycles. The molecule has 216 valence electrons. The summed E-state index contributed by atoms with van der Waals surface area (Å²) in [4.78, 5) is 43.8. The van der Waals surface area contributed by atoms with E-state index in [2.05, 4.69) is 31.1 Å². The standard InChI is InChI=1S/C33H38N2O6/c1-9-17(2)14-24-28(31(37)34-7)29(27-22(36)15-33(5,6)16-25(27)41-24)26-19(4)20(11-13-23(26)40-8)21-12-10-18(3)30(35-21)32(38)39/h10-13,17,29H,5,9,14-16H2,1-4,6-8H3,(H-,34,37,38,39)/p+1/t17-,29-,33?/m0/s1. The van der Waals surface area contributed by atoms with Gasteiger partial charge in [-0.15, -0.1) is 0 Å². The highest BCUT2D eigenvalue weighted by Crippen LogP contribution is 2.52. The van der Waals surface area contributed by atoms with E-state index in [0.29, 0.717) is 63.6 Å². The third-order valence-electron chi connectivity index (χ3n) is 8.16. The van der Waals surface area contributed by atoms with Gasteiger partial charge in [0.15, 0.2) is 11.5 Å². The second kappa shape index (κ2) is 11.4. The number of pyridine rings is 1. The van der Waals surface area contributed by atoms with Gasteiger partial charge in [0, 0.05) is 30.2 Å². The van der Waals surface area contributed by atoms with E-state index in [0.717, 1.165) is 12.0 Å². The molecule has 1 aliphatic heterocycles. The van der Waals surface area contributed by atoms with Gasteiger partial charge in [0.05, 0.1) is 44.1 Å². The van der Waals surface area contributed by atoms with Crippen molar-refractivity contribution in [2.75, 3.05) is 14.2 Å². The molecule has 0 radical (unpaired) electrons. The topological polar surface area (TPSA) is 115 Å². The molecule has 1 aliphatic carbocycles. The SMILES string of the molecule is [CH2+]C1(C)CC(=O)C2=C(C1)OC(C[C@@H](C)CC)=C(C(=O)NC)[C@H]2c1c(OC)ccc(-c2ccc(C)c(C(=O)O)n2)c1C. The first-order valence-electron chi connectivity index (χ1n) is 14.0. The molecule has 41 heavy (non-hydrogen) atoms. The molecule has 0 saturated carbocycles. The zero-order valence-electron chi connectivity index (χ0n) is 24.9. The predicted molar refractivity (Wildman–Crippen MR) is 156 cm³/mol. The highest BCUT2D eigenvalue weighted by molar-refractivity contribution is 6.05. The minimum absolute atomic E-state index is 0.0331. The van der Waals surface area contributed by atoms with Gasteiger partial charge in [-0.1, -0.05) is 26.3 Å². The van der Waals surface area contributed by atoms with Gasteiger partial charge < -0.3 is 19.9 Å². The fraction of sp³-hybridized carbons (Fsp3) is 0.424. The van der Waals surface area contributed by atoms with E-state index in [1.165, 1.54) is 0 Å². The molecule has 0 fully saturated rings. The third kappa shape index (κ3) is 5.60. The lowest BCUT2D eigenvalue weighted by Gasteiger charge is -2.38. The highest BCUT2D eigenvalue weighted by Gasteiger charge is 2.48.